The smallest absolute Gasteiger partial charge is 0.308 e. The number of nitrogens with zero attached hydrogens (tertiary/aromatic N) is 2. The number of aryl methyl sites for hydroxylation is 1. The Balaban J connectivity index is 1.80. The number of hydrogen-bond acceptors (Lipinski definition) is 5. The predicted octanol–water partition coefficient (Wildman–Crippen LogP) is 3.31. The van der Waals surface area contributed by atoms with Crippen molar-refractivity contribution in [3.8, 4) is 16.3 Å². The van der Waals surface area contributed by atoms with Gasteiger partial charge < -0.3 is 14.7 Å². The molecule has 1 amide bonds. The summed E-state index contributed by atoms with van der Waals surface area (Å²) in [5.74, 6) is -0.726. The normalized spacial score (nSPS) is 19.6. The second-order valence-corrected chi connectivity index (χ2v) is 7.52. The number of hydrogen-bond donors (Lipinski definition) is 1. The summed E-state index contributed by atoms with van der Waals surface area (Å²) in [6.07, 6.45) is 0. The molecule has 0 aliphatic carbocycles. The molecule has 2 heterocycles. The molecule has 1 aromatic heterocycles. The van der Waals surface area contributed by atoms with Crippen LogP contribution >= 0.6 is 11.3 Å². The van der Waals surface area contributed by atoms with Crippen LogP contribution in [0.5, 0.6) is 5.75 Å². The Kier molecular flexibility index (Phi) is 5.27. The molecule has 1 saturated heterocycles. The third-order valence-electron chi connectivity index (χ3n) is 4.62. The third-order valence-corrected chi connectivity index (χ3v) is 5.81. The summed E-state index contributed by atoms with van der Waals surface area (Å²) in [4.78, 5) is 30.9. The molecule has 2 atom stereocenters. The number of aromatic nitrogens is 1. The van der Waals surface area contributed by atoms with Crippen LogP contribution < -0.4 is 4.74 Å². The number of benzene rings is 1. The molecule has 1 N–H and O–H groups in total. The maximum absolute atomic E-state index is 12.8. The number of likely N-dealkylation sites (tertiary alicyclic amines) is 1. The molecule has 0 spiro atoms. The van der Waals surface area contributed by atoms with E-state index < -0.39 is 11.9 Å². The molecule has 1 aliphatic rings. The van der Waals surface area contributed by atoms with E-state index >= 15 is 0 Å². The second kappa shape index (κ2) is 7.45. The highest BCUT2D eigenvalue weighted by Crippen LogP contribution is 2.32. The molecular weight excluding hydrogens is 352 g/mol. The zero-order chi connectivity index (χ0) is 18.8. The number of carbonyl (C=O) groups excluding carboxylic acids is 1. The molecule has 138 valence electrons. The summed E-state index contributed by atoms with van der Waals surface area (Å²) in [6, 6.07) is 7.62. The molecule has 26 heavy (non-hydrogen) atoms. The molecule has 0 saturated carbocycles. The molecule has 6 nitrogen and oxygen atoms in total. The van der Waals surface area contributed by atoms with Gasteiger partial charge in [-0.25, -0.2) is 4.98 Å². The van der Waals surface area contributed by atoms with Crippen molar-refractivity contribution in [3.63, 3.8) is 0 Å². The zero-order valence-electron chi connectivity index (χ0n) is 15.1. The number of carbonyl (C=O) groups is 2. The summed E-state index contributed by atoms with van der Waals surface area (Å²) in [5.41, 5.74) is 1.61. The molecule has 3 rings (SSSR count). The predicted molar refractivity (Wildman–Crippen MR) is 99.6 cm³/mol. The van der Waals surface area contributed by atoms with Crippen LogP contribution in [0.3, 0.4) is 0 Å². The molecule has 1 aromatic carbocycles. The lowest BCUT2D eigenvalue weighted by Crippen LogP contribution is -2.29. The molecule has 0 bridgehead atoms. The first-order chi connectivity index (χ1) is 12.4. The summed E-state index contributed by atoms with van der Waals surface area (Å²) in [5, 5.41) is 10.0. The number of carboxylic acid groups (broad SMARTS) is 1. The first-order valence-electron chi connectivity index (χ1n) is 8.63. The van der Waals surface area contributed by atoms with Crippen molar-refractivity contribution < 1.29 is 19.4 Å². The van der Waals surface area contributed by atoms with Gasteiger partial charge >= 0.3 is 5.97 Å². The van der Waals surface area contributed by atoms with E-state index in [1.807, 2.05) is 45.0 Å². The van der Waals surface area contributed by atoms with Gasteiger partial charge in [-0.2, -0.15) is 0 Å². The number of ether oxygens (including phenoxy) is 1. The lowest BCUT2D eigenvalue weighted by atomic mass is 9.99. The van der Waals surface area contributed by atoms with Gasteiger partial charge in [0.05, 0.1) is 18.2 Å². The average Bonchev–Trinajstić information content (AvgIpc) is 3.18. The first kappa shape index (κ1) is 18.4. The van der Waals surface area contributed by atoms with Gasteiger partial charge in [0.1, 0.15) is 15.6 Å². The molecular formula is C19H22N2O4S. The third kappa shape index (κ3) is 3.58. The monoisotopic (exact) mass is 374 g/mol. The van der Waals surface area contributed by atoms with Crippen LogP contribution in [0.25, 0.3) is 10.6 Å². The molecule has 1 aliphatic heterocycles. The lowest BCUT2D eigenvalue weighted by molar-refractivity contribution is -0.142. The fraction of sp³-hybridized carbons (Fsp3) is 0.421. The number of amides is 1. The van der Waals surface area contributed by atoms with E-state index in [-0.39, 0.29) is 18.4 Å². The highest BCUT2D eigenvalue weighted by atomic mass is 32.1. The zero-order valence-corrected chi connectivity index (χ0v) is 15.9. The van der Waals surface area contributed by atoms with Crippen LogP contribution in [0.15, 0.2) is 24.3 Å². The first-order valence-corrected chi connectivity index (χ1v) is 9.45. The Morgan fingerprint density at radius 3 is 2.58 bits per heavy atom. The van der Waals surface area contributed by atoms with Gasteiger partial charge in [-0.15, -0.1) is 11.3 Å². The summed E-state index contributed by atoms with van der Waals surface area (Å²) in [7, 11) is 0. The van der Waals surface area contributed by atoms with E-state index in [1.54, 1.807) is 4.90 Å². The average molecular weight is 374 g/mol. The van der Waals surface area contributed by atoms with Gasteiger partial charge in [-0.3, -0.25) is 9.59 Å². The van der Waals surface area contributed by atoms with E-state index in [2.05, 4.69) is 4.98 Å². The minimum Gasteiger partial charge on any atom is -0.494 e. The van der Waals surface area contributed by atoms with Crippen molar-refractivity contribution >= 4 is 23.2 Å². The van der Waals surface area contributed by atoms with Gasteiger partial charge in [-0.1, -0.05) is 6.92 Å². The van der Waals surface area contributed by atoms with Crippen LogP contribution in [0, 0.1) is 18.8 Å². The number of thiazole rings is 1. The summed E-state index contributed by atoms with van der Waals surface area (Å²) >= 11 is 1.35. The molecule has 1 fully saturated rings. The van der Waals surface area contributed by atoms with Gasteiger partial charge in [0.25, 0.3) is 5.91 Å². The molecule has 7 heteroatoms. The Hall–Kier alpha value is -2.41. The molecule has 0 radical (unpaired) electrons. The van der Waals surface area contributed by atoms with Gasteiger partial charge in [-0.05, 0) is 44.0 Å². The standard InChI is InChI=1S/C19H22N2O4S/c1-4-25-14-7-5-13(6-8-14)17-20-12(3)16(26-17)18(22)21-9-11(2)15(10-21)19(23)24/h5-8,11,15H,4,9-10H2,1-3H3,(H,23,24)/t11-,15-/m1/s1. The van der Waals surface area contributed by atoms with E-state index in [0.717, 1.165) is 16.3 Å². The van der Waals surface area contributed by atoms with Crippen LogP contribution in [-0.2, 0) is 4.79 Å². The fourth-order valence-electron chi connectivity index (χ4n) is 3.18. The van der Waals surface area contributed by atoms with Gasteiger partial charge in [0, 0.05) is 18.7 Å². The molecule has 0 unspecified atom stereocenters. The number of aliphatic carboxylic acids is 1. The fourth-order valence-corrected chi connectivity index (χ4v) is 4.22. The van der Waals surface area contributed by atoms with Crippen molar-refractivity contribution in [2.45, 2.75) is 20.8 Å². The Morgan fingerprint density at radius 1 is 1.31 bits per heavy atom. The van der Waals surface area contributed by atoms with Crippen LogP contribution in [0.1, 0.15) is 29.2 Å². The SMILES string of the molecule is CCOc1ccc(-c2nc(C)c(C(=O)N3C[C@@H](C)[C@H](C(=O)O)C3)s2)cc1. The van der Waals surface area contributed by atoms with Crippen molar-refractivity contribution in [1.29, 1.82) is 0 Å². The largest absolute Gasteiger partial charge is 0.494 e. The van der Waals surface area contributed by atoms with Crippen molar-refractivity contribution in [2.75, 3.05) is 19.7 Å². The van der Waals surface area contributed by atoms with Gasteiger partial charge in [0.15, 0.2) is 0 Å². The minimum atomic E-state index is -0.844. The van der Waals surface area contributed by atoms with Crippen LogP contribution in [0.2, 0.25) is 0 Å². The number of carboxylic acids is 1. The maximum atomic E-state index is 12.8. The van der Waals surface area contributed by atoms with E-state index in [1.165, 1.54) is 11.3 Å². The quantitative estimate of drug-likeness (QED) is 0.868. The molecule has 2 aromatic rings. The Morgan fingerprint density at radius 2 is 2.00 bits per heavy atom. The van der Waals surface area contributed by atoms with Crippen LogP contribution in [-0.4, -0.2) is 46.6 Å². The Labute approximate surface area is 156 Å². The Bertz CT molecular complexity index is 815. The van der Waals surface area contributed by atoms with Crippen molar-refractivity contribution in [1.82, 2.24) is 9.88 Å². The van der Waals surface area contributed by atoms with Crippen molar-refractivity contribution in [2.24, 2.45) is 11.8 Å². The van der Waals surface area contributed by atoms with Gasteiger partial charge in [0.2, 0.25) is 0 Å². The highest BCUT2D eigenvalue weighted by molar-refractivity contribution is 7.17. The maximum Gasteiger partial charge on any atom is 0.308 e. The van der Waals surface area contributed by atoms with Crippen LogP contribution in [0.4, 0.5) is 0 Å². The second-order valence-electron chi connectivity index (χ2n) is 6.52. The lowest BCUT2D eigenvalue weighted by Gasteiger charge is -2.14. The highest BCUT2D eigenvalue weighted by Gasteiger charge is 2.38. The minimum absolute atomic E-state index is 0.0461. The van der Waals surface area contributed by atoms with Crippen molar-refractivity contribution in [3.05, 3.63) is 34.8 Å². The topological polar surface area (TPSA) is 79.7 Å². The van der Waals surface area contributed by atoms with E-state index in [4.69, 9.17) is 4.74 Å². The van der Waals surface area contributed by atoms with E-state index in [0.29, 0.717) is 23.7 Å². The summed E-state index contributed by atoms with van der Waals surface area (Å²) in [6.45, 7) is 6.95. The van der Waals surface area contributed by atoms with E-state index in [9.17, 15) is 14.7 Å². The summed E-state index contributed by atoms with van der Waals surface area (Å²) < 4.78 is 5.45. The number of rotatable bonds is 5.